The Hall–Kier alpha value is -2.31. The number of likely N-dealkylation sites (N-methyl/N-ethyl adjacent to an activating group) is 1. The summed E-state index contributed by atoms with van der Waals surface area (Å²) in [6.07, 6.45) is 1.25. The van der Waals surface area contributed by atoms with Gasteiger partial charge in [-0.15, -0.1) is 0 Å². The zero-order chi connectivity index (χ0) is 16.3. The van der Waals surface area contributed by atoms with E-state index >= 15 is 0 Å². The smallest absolute Gasteiger partial charge is 0.308 e. The number of piperidine rings is 1. The SMILES string of the molecule is Cc1ccc(C(=O)N(C)CC(=O)N2CCC[C@H](C(=O)O)C2)o1. The third kappa shape index (κ3) is 3.66. The average Bonchev–Trinajstić information content (AvgIpc) is 2.93. The van der Waals surface area contributed by atoms with Crippen LogP contribution in [0.2, 0.25) is 0 Å². The maximum absolute atomic E-state index is 12.2. The Kier molecular flexibility index (Phi) is 4.85. The lowest BCUT2D eigenvalue weighted by molar-refractivity contribution is -0.145. The van der Waals surface area contributed by atoms with Crippen molar-refractivity contribution in [3.05, 3.63) is 23.7 Å². The fourth-order valence-electron chi connectivity index (χ4n) is 2.52. The van der Waals surface area contributed by atoms with Crippen LogP contribution in [0.5, 0.6) is 0 Å². The number of carboxylic acid groups (broad SMARTS) is 1. The highest BCUT2D eigenvalue weighted by Gasteiger charge is 2.29. The Morgan fingerprint density at radius 3 is 2.73 bits per heavy atom. The monoisotopic (exact) mass is 308 g/mol. The summed E-state index contributed by atoms with van der Waals surface area (Å²) < 4.78 is 5.25. The Morgan fingerprint density at radius 1 is 1.41 bits per heavy atom. The maximum atomic E-state index is 12.2. The second-order valence-corrected chi connectivity index (χ2v) is 5.59. The van der Waals surface area contributed by atoms with Crippen LogP contribution in [0.4, 0.5) is 0 Å². The number of hydrogen-bond donors (Lipinski definition) is 1. The van der Waals surface area contributed by atoms with Crippen LogP contribution in [0.25, 0.3) is 0 Å². The zero-order valence-electron chi connectivity index (χ0n) is 12.7. The van der Waals surface area contributed by atoms with Gasteiger partial charge in [0.2, 0.25) is 5.91 Å². The van der Waals surface area contributed by atoms with Crippen LogP contribution in [-0.4, -0.2) is 59.4 Å². The number of carbonyl (C=O) groups excluding carboxylic acids is 2. The first-order chi connectivity index (χ1) is 10.4. The van der Waals surface area contributed by atoms with Gasteiger partial charge in [0.05, 0.1) is 12.5 Å². The van der Waals surface area contributed by atoms with Crippen molar-refractivity contribution in [2.75, 3.05) is 26.7 Å². The van der Waals surface area contributed by atoms with E-state index in [9.17, 15) is 14.4 Å². The molecular formula is C15H20N2O5. The number of carboxylic acids is 1. The second-order valence-electron chi connectivity index (χ2n) is 5.59. The third-order valence-corrected chi connectivity index (χ3v) is 3.79. The molecule has 1 aliphatic rings. The summed E-state index contributed by atoms with van der Waals surface area (Å²) in [6.45, 7) is 2.38. The lowest BCUT2D eigenvalue weighted by Crippen LogP contribution is -2.46. The van der Waals surface area contributed by atoms with E-state index in [2.05, 4.69) is 0 Å². The van der Waals surface area contributed by atoms with E-state index in [1.165, 1.54) is 16.8 Å². The highest BCUT2D eigenvalue weighted by Crippen LogP contribution is 2.17. The number of amides is 2. The Balaban J connectivity index is 1.93. The number of carbonyl (C=O) groups is 3. The van der Waals surface area contributed by atoms with Crippen LogP contribution in [0.1, 0.15) is 29.2 Å². The molecule has 2 amide bonds. The molecule has 0 bridgehead atoms. The van der Waals surface area contributed by atoms with Crippen molar-refractivity contribution in [2.24, 2.45) is 5.92 Å². The molecule has 0 saturated carbocycles. The van der Waals surface area contributed by atoms with Crippen LogP contribution in [0.15, 0.2) is 16.5 Å². The number of likely N-dealkylation sites (tertiary alicyclic amines) is 1. The first kappa shape index (κ1) is 16.1. The van der Waals surface area contributed by atoms with Crippen molar-refractivity contribution in [2.45, 2.75) is 19.8 Å². The lowest BCUT2D eigenvalue weighted by Gasteiger charge is -2.31. The van der Waals surface area contributed by atoms with E-state index in [0.717, 1.165) is 0 Å². The van der Waals surface area contributed by atoms with Gasteiger partial charge < -0.3 is 19.3 Å². The standard InChI is InChI=1S/C15H20N2O5/c1-10-5-6-12(22-10)14(19)16(2)9-13(18)17-7-3-4-11(8-17)15(20)21/h5-6,11H,3-4,7-9H2,1-2H3,(H,20,21)/t11-/m0/s1. The number of aryl methyl sites for hydroxylation is 1. The van der Waals surface area contributed by atoms with Crippen molar-refractivity contribution in [3.63, 3.8) is 0 Å². The minimum absolute atomic E-state index is 0.0923. The molecular weight excluding hydrogens is 288 g/mol. The van der Waals surface area contributed by atoms with Gasteiger partial charge in [0.15, 0.2) is 5.76 Å². The molecule has 0 spiro atoms. The first-order valence-electron chi connectivity index (χ1n) is 7.21. The second kappa shape index (κ2) is 6.64. The molecule has 1 aromatic heterocycles. The lowest BCUT2D eigenvalue weighted by atomic mass is 9.98. The van der Waals surface area contributed by atoms with Crippen molar-refractivity contribution >= 4 is 17.8 Å². The van der Waals surface area contributed by atoms with Crippen molar-refractivity contribution < 1.29 is 23.9 Å². The van der Waals surface area contributed by atoms with Gasteiger partial charge in [0.25, 0.3) is 5.91 Å². The Morgan fingerprint density at radius 2 is 2.14 bits per heavy atom. The third-order valence-electron chi connectivity index (χ3n) is 3.79. The number of hydrogen-bond acceptors (Lipinski definition) is 4. The van der Waals surface area contributed by atoms with E-state index < -0.39 is 11.9 Å². The minimum Gasteiger partial charge on any atom is -0.481 e. The van der Waals surface area contributed by atoms with Crippen LogP contribution in [0.3, 0.4) is 0 Å². The van der Waals surface area contributed by atoms with E-state index in [4.69, 9.17) is 9.52 Å². The molecule has 1 N–H and O–H groups in total. The topological polar surface area (TPSA) is 91.1 Å². The summed E-state index contributed by atoms with van der Waals surface area (Å²) >= 11 is 0. The normalized spacial score (nSPS) is 18.1. The van der Waals surface area contributed by atoms with Gasteiger partial charge in [-0.3, -0.25) is 14.4 Å². The fraction of sp³-hybridized carbons (Fsp3) is 0.533. The van der Waals surface area contributed by atoms with Crippen molar-refractivity contribution in [1.29, 1.82) is 0 Å². The number of rotatable bonds is 4. The van der Waals surface area contributed by atoms with Crippen LogP contribution >= 0.6 is 0 Å². The molecule has 0 aliphatic carbocycles. The Bertz CT molecular complexity index is 580. The van der Waals surface area contributed by atoms with Crippen LogP contribution < -0.4 is 0 Å². The summed E-state index contributed by atoms with van der Waals surface area (Å²) in [5, 5.41) is 9.04. The van der Waals surface area contributed by atoms with Gasteiger partial charge in [-0.1, -0.05) is 0 Å². The van der Waals surface area contributed by atoms with Crippen molar-refractivity contribution in [1.82, 2.24) is 9.80 Å². The number of furan rings is 1. The van der Waals surface area contributed by atoms with Crippen molar-refractivity contribution in [3.8, 4) is 0 Å². The summed E-state index contributed by atoms with van der Waals surface area (Å²) in [5.41, 5.74) is 0. The molecule has 7 nitrogen and oxygen atoms in total. The van der Waals surface area contributed by atoms with Crippen LogP contribution in [-0.2, 0) is 9.59 Å². The molecule has 1 fully saturated rings. The predicted molar refractivity (Wildman–Crippen MR) is 77.3 cm³/mol. The average molecular weight is 308 g/mol. The number of nitrogens with zero attached hydrogens (tertiary/aromatic N) is 2. The summed E-state index contributed by atoms with van der Waals surface area (Å²) in [7, 11) is 1.52. The fourth-order valence-corrected chi connectivity index (χ4v) is 2.52. The molecule has 7 heteroatoms. The molecule has 1 aromatic rings. The molecule has 22 heavy (non-hydrogen) atoms. The molecule has 0 unspecified atom stereocenters. The molecule has 0 aromatic carbocycles. The van der Waals surface area contributed by atoms with E-state index in [0.29, 0.717) is 25.1 Å². The molecule has 1 aliphatic heterocycles. The zero-order valence-corrected chi connectivity index (χ0v) is 12.7. The van der Waals surface area contributed by atoms with Gasteiger partial charge in [-0.25, -0.2) is 0 Å². The van der Waals surface area contributed by atoms with Gasteiger partial charge in [-0.05, 0) is 31.9 Å². The molecule has 0 radical (unpaired) electrons. The molecule has 1 saturated heterocycles. The highest BCUT2D eigenvalue weighted by molar-refractivity contribution is 5.94. The summed E-state index contributed by atoms with van der Waals surface area (Å²) in [5.74, 6) is -1.20. The summed E-state index contributed by atoms with van der Waals surface area (Å²) in [4.78, 5) is 38.2. The van der Waals surface area contributed by atoms with Gasteiger partial charge in [-0.2, -0.15) is 0 Å². The highest BCUT2D eigenvalue weighted by atomic mass is 16.4. The van der Waals surface area contributed by atoms with Gasteiger partial charge >= 0.3 is 5.97 Å². The van der Waals surface area contributed by atoms with Gasteiger partial charge in [0.1, 0.15) is 5.76 Å². The van der Waals surface area contributed by atoms with E-state index in [1.807, 2.05) is 0 Å². The largest absolute Gasteiger partial charge is 0.481 e. The van der Waals surface area contributed by atoms with Gasteiger partial charge in [0, 0.05) is 20.1 Å². The molecule has 2 heterocycles. The van der Waals surface area contributed by atoms with E-state index in [-0.39, 0.29) is 30.7 Å². The summed E-state index contributed by atoms with van der Waals surface area (Å²) in [6, 6.07) is 3.25. The Labute approximate surface area is 128 Å². The van der Waals surface area contributed by atoms with Crippen LogP contribution in [0, 0.1) is 12.8 Å². The first-order valence-corrected chi connectivity index (χ1v) is 7.21. The molecule has 1 atom stereocenters. The minimum atomic E-state index is -0.881. The quantitative estimate of drug-likeness (QED) is 0.895. The maximum Gasteiger partial charge on any atom is 0.308 e. The molecule has 2 rings (SSSR count). The number of aliphatic carboxylic acids is 1. The predicted octanol–water partition coefficient (Wildman–Crippen LogP) is 0.983. The van der Waals surface area contributed by atoms with E-state index in [1.54, 1.807) is 19.1 Å². The molecule has 120 valence electrons.